The molecule has 220 valence electrons. The summed E-state index contributed by atoms with van der Waals surface area (Å²) < 4.78 is 50.8. The highest BCUT2D eigenvalue weighted by atomic mass is 19.4. The van der Waals surface area contributed by atoms with Crippen molar-refractivity contribution in [3.05, 3.63) is 102 Å². The van der Waals surface area contributed by atoms with E-state index in [1.165, 1.54) is 18.2 Å². The second-order valence-corrected chi connectivity index (χ2v) is 9.64. The van der Waals surface area contributed by atoms with Gasteiger partial charge in [-0.1, -0.05) is 42.5 Å². The first-order valence-corrected chi connectivity index (χ1v) is 13.2. The van der Waals surface area contributed by atoms with Gasteiger partial charge in [-0.15, -0.1) is 13.2 Å². The normalized spacial score (nSPS) is 11.3. The Bertz CT molecular complexity index is 1780. The van der Waals surface area contributed by atoms with E-state index in [0.29, 0.717) is 22.7 Å². The van der Waals surface area contributed by atoms with Crippen LogP contribution in [0.4, 0.5) is 13.2 Å². The molecule has 0 atom stereocenters. The molecule has 1 aromatic heterocycles. The standard InChI is InChI=1S/C32H26F3N3O5/c1-42-25-13-12-22-16-24(11-10-23(22)17-25)28-18-27(26-4-2-3-5-29(26)43-32(33,34)35)37-38(28)19-20-6-8-21(9-7-20)31(41)36-15-14-30(39)40/h2-13,16-18H,14-15,19H2,1H3,(H,36,41)(H,39,40). The van der Waals surface area contributed by atoms with Gasteiger partial charge in [0.05, 0.1) is 31.5 Å². The number of carboxylic acid groups (broad SMARTS) is 1. The highest BCUT2D eigenvalue weighted by Gasteiger charge is 2.32. The lowest BCUT2D eigenvalue weighted by molar-refractivity contribution is -0.274. The van der Waals surface area contributed by atoms with Crippen LogP contribution in [0.2, 0.25) is 0 Å². The van der Waals surface area contributed by atoms with Crippen molar-refractivity contribution in [2.45, 2.75) is 19.3 Å². The number of nitrogens with zero attached hydrogens (tertiary/aromatic N) is 2. The van der Waals surface area contributed by atoms with Crippen LogP contribution < -0.4 is 14.8 Å². The predicted molar refractivity (Wildman–Crippen MR) is 154 cm³/mol. The van der Waals surface area contributed by atoms with Crippen LogP contribution in [0, 0.1) is 0 Å². The summed E-state index contributed by atoms with van der Waals surface area (Å²) in [6, 6.07) is 25.7. The Kier molecular flexibility index (Phi) is 8.33. The van der Waals surface area contributed by atoms with Gasteiger partial charge < -0.3 is 19.9 Å². The van der Waals surface area contributed by atoms with Gasteiger partial charge in [0.1, 0.15) is 11.5 Å². The van der Waals surface area contributed by atoms with E-state index in [1.54, 1.807) is 48.2 Å². The third-order valence-electron chi connectivity index (χ3n) is 6.68. The monoisotopic (exact) mass is 589 g/mol. The van der Waals surface area contributed by atoms with Crippen molar-refractivity contribution in [3.63, 3.8) is 0 Å². The summed E-state index contributed by atoms with van der Waals surface area (Å²) in [4.78, 5) is 23.1. The van der Waals surface area contributed by atoms with Gasteiger partial charge in [0, 0.05) is 23.2 Å². The summed E-state index contributed by atoms with van der Waals surface area (Å²) in [5.74, 6) is -1.06. The molecule has 11 heteroatoms. The zero-order chi connectivity index (χ0) is 30.6. The molecule has 0 unspecified atom stereocenters. The van der Waals surface area contributed by atoms with Crippen molar-refractivity contribution in [2.24, 2.45) is 0 Å². The van der Waals surface area contributed by atoms with Gasteiger partial charge in [-0.2, -0.15) is 5.10 Å². The second-order valence-electron chi connectivity index (χ2n) is 9.64. The number of alkyl halides is 3. The Morgan fingerprint density at radius 1 is 0.930 bits per heavy atom. The molecule has 5 aromatic rings. The number of rotatable bonds is 10. The van der Waals surface area contributed by atoms with Crippen molar-refractivity contribution in [2.75, 3.05) is 13.7 Å². The lowest BCUT2D eigenvalue weighted by Gasteiger charge is -2.12. The Balaban J connectivity index is 1.51. The number of hydrogen-bond donors (Lipinski definition) is 2. The first kappa shape index (κ1) is 29.2. The van der Waals surface area contributed by atoms with Gasteiger partial charge in [0.15, 0.2) is 0 Å². The van der Waals surface area contributed by atoms with Crippen LogP contribution in [0.25, 0.3) is 33.3 Å². The summed E-state index contributed by atoms with van der Waals surface area (Å²) >= 11 is 0. The second kappa shape index (κ2) is 12.3. The average Bonchev–Trinajstić information content (AvgIpc) is 3.39. The smallest absolute Gasteiger partial charge is 0.497 e. The van der Waals surface area contributed by atoms with Crippen molar-refractivity contribution < 1.29 is 37.3 Å². The molecule has 43 heavy (non-hydrogen) atoms. The molecule has 4 aromatic carbocycles. The minimum absolute atomic E-state index is 0.00735. The molecule has 0 bridgehead atoms. The van der Waals surface area contributed by atoms with E-state index in [-0.39, 0.29) is 30.8 Å². The fraction of sp³-hybridized carbons (Fsp3) is 0.156. The minimum atomic E-state index is -4.87. The van der Waals surface area contributed by atoms with E-state index in [1.807, 2.05) is 36.4 Å². The molecule has 0 aliphatic carbocycles. The lowest BCUT2D eigenvalue weighted by atomic mass is 10.0. The van der Waals surface area contributed by atoms with Crippen molar-refractivity contribution in [1.29, 1.82) is 0 Å². The van der Waals surface area contributed by atoms with Crippen LogP contribution in [-0.2, 0) is 11.3 Å². The summed E-state index contributed by atoms with van der Waals surface area (Å²) in [6.07, 6.45) is -5.06. The molecular weight excluding hydrogens is 563 g/mol. The fourth-order valence-electron chi connectivity index (χ4n) is 4.62. The zero-order valence-electron chi connectivity index (χ0n) is 22.9. The van der Waals surface area contributed by atoms with E-state index in [9.17, 15) is 22.8 Å². The average molecular weight is 590 g/mol. The number of carbonyl (C=O) groups excluding carboxylic acids is 1. The maximum Gasteiger partial charge on any atom is 0.573 e. The van der Waals surface area contributed by atoms with E-state index in [2.05, 4.69) is 15.2 Å². The summed E-state index contributed by atoms with van der Waals surface area (Å²) in [7, 11) is 1.59. The fourth-order valence-corrected chi connectivity index (χ4v) is 4.62. The summed E-state index contributed by atoms with van der Waals surface area (Å²) in [5, 5.41) is 17.9. The third-order valence-corrected chi connectivity index (χ3v) is 6.68. The Hall–Kier alpha value is -5.32. The molecule has 8 nitrogen and oxygen atoms in total. The van der Waals surface area contributed by atoms with E-state index in [0.717, 1.165) is 21.9 Å². The van der Waals surface area contributed by atoms with Crippen LogP contribution in [-0.4, -0.2) is 46.8 Å². The number of hydrogen-bond acceptors (Lipinski definition) is 5. The number of carboxylic acids is 1. The van der Waals surface area contributed by atoms with Crippen LogP contribution in [0.3, 0.4) is 0 Å². The minimum Gasteiger partial charge on any atom is -0.497 e. The number of methoxy groups -OCH3 is 1. The number of carbonyl (C=O) groups is 2. The molecule has 0 saturated carbocycles. The molecule has 0 saturated heterocycles. The SMILES string of the molecule is COc1ccc2cc(-c3cc(-c4ccccc4OC(F)(F)F)nn3Cc3ccc(C(=O)NCCC(=O)O)cc3)ccc2c1. The van der Waals surface area contributed by atoms with Crippen molar-refractivity contribution >= 4 is 22.6 Å². The first-order valence-electron chi connectivity index (χ1n) is 13.2. The molecule has 5 rings (SSSR count). The van der Waals surface area contributed by atoms with Crippen LogP contribution >= 0.6 is 0 Å². The number of benzene rings is 4. The summed E-state index contributed by atoms with van der Waals surface area (Å²) in [5.41, 5.74) is 3.06. The topological polar surface area (TPSA) is 103 Å². The van der Waals surface area contributed by atoms with E-state index >= 15 is 0 Å². The Labute approximate surface area is 244 Å². The largest absolute Gasteiger partial charge is 0.573 e. The van der Waals surface area contributed by atoms with Crippen molar-refractivity contribution in [1.82, 2.24) is 15.1 Å². The molecule has 0 fully saturated rings. The number of fused-ring (bicyclic) bond motifs is 1. The van der Waals surface area contributed by atoms with Gasteiger partial charge in [0.25, 0.3) is 5.91 Å². The molecule has 0 aliphatic rings. The quantitative estimate of drug-likeness (QED) is 0.192. The van der Waals surface area contributed by atoms with Crippen molar-refractivity contribution in [3.8, 4) is 34.0 Å². The van der Waals surface area contributed by atoms with Gasteiger partial charge >= 0.3 is 12.3 Å². The molecule has 0 spiro atoms. The van der Waals surface area contributed by atoms with Gasteiger partial charge in [-0.3, -0.25) is 14.3 Å². The number of nitrogens with one attached hydrogen (secondary N) is 1. The lowest BCUT2D eigenvalue weighted by Crippen LogP contribution is -2.25. The zero-order valence-corrected chi connectivity index (χ0v) is 22.9. The molecule has 0 radical (unpaired) electrons. The first-order chi connectivity index (χ1) is 20.6. The summed E-state index contributed by atoms with van der Waals surface area (Å²) in [6.45, 7) is 0.257. The molecule has 1 amide bonds. The Morgan fingerprint density at radius 2 is 1.65 bits per heavy atom. The number of aliphatic carboxylic acids is 1. The molecule has 1 heterocycles. The number of aromatic nitrogens is 2. The van der Waals surface area contributed by atoms with Crippen LogP contribution in [0.15, 0.2) is 91.0 Å². The highest BCUT2D eigenvalue weighted by Crippen LogP contribution is 2.36. The van der Waals surface area contributed by atoms with Crippen LogP contribution in [0.1, 0.15) is 22.3 Å². The third kappa shape index (κ3) is 7.13. The molecule has 2 N–H and O–H groups in total. The maximum atomic E-state index is 13.2. The molecular formula is C32H26F3N3O5. The predicted octanol–water partition coefficient (Wildman–Crippen LogP) is 6.53. The number of halogens is 3. The van der Waals surface area contributed by atoms with Gasteiger partial charge in [0.2, 0.25) is 0 Å². The number of para-hydroxylation sites is 1. The molecule has 0 aliphatic heterocycles. The Morgan fingerprint density at radius 3 is 2.37 bits per heavy atom. The van der Waals surface area contributed by atoms with E-state index < -0.39 is 18.2 Å². The maximum absolute atomic E-state index is 13.2. The number of ether oxygens (including phenoxy) is 2. The highest BCUT2D eigenvalue weighted by molar-refractivity contribution is 5.94. The number of amides is 1. The van der Waals surface area contributed by atoms with Gasteiger partial charge in [-0.25, -0.2) is 0 Å². The van der Waals surface area contributed by atoms with Gasteiger partial charge in [-0.05, 0) is 64.9 Å². The van der Waals surface area contributed by atoms with Crippen LogP contribution in [0.5, 0.6) is 11.5 Å². The van der Waals surface area contributed by atoms with E-state index in [4.69, 9.17) is 9.84 Å².